The molecule has 2 N–H and O–H groups in total. The fourth-order valence-electron chi connectivity index (χ4n) is 2.70. The number of carbonyl (C=O) groups excluding carboxylic acids is 3. The third kappa shape index (κ3) is 5.21. The van der Waals surface area contributed by atoms with Gasteiger partial charge in [-0.05, 0) is 36.2 Å². The quantitative estimate of drug-likeness (QED) is 0.552. The molecule has 1 aromatic heterocycles. The highest BCUT2D eigenvalue weighted by Gasteiger charge is 2.17. The lowest BCUT2D eigenvalue weighted by Gasteiger charge is -2.12. The van der Waals surface area contributed by atoms with Crippen LogP contribution in [0.1, 0.15) is 33.9 Å². The number of hydrogen-bond acceptors (Lipinski definition) is 5. The number of esters is 1. The molecule has 6 nitrogen and oxygen atoms in total. The van der Waals surface area contributed by atoms with Crippen LogP contribution in [0.15, 0.2) is 48.5 Å². The minimum absolute atomic E-state index is 0.205. The van der Waals surface area contributed by atoms with Crippen molar-refractivity contribution in [3.63, 3.8) is 0 Å². The molecular formula is C22H21FN2O4S. The number of nitrogens with one attached hydrogen (secondary N) is 2. The van der Waals surface area contributed by atoms with Crippen LogP contribution < -0.4 is 10.6 Å². The number of anilines is 1. The smallest absolute Gasteiger partial charge is 0.348 e. The van der Waals surface area contributed by atoms with Crippen molar-refractivity contribution in [2.75, 3.05) is 18.5 Å². The summed E-state index contributed by atoms with van der Waals surface area (Å²) in [5.74, 6) is -1.73. The first kappa shape index (κ1) is 21.4. The van der Waals surface area contributed by atoms with Crippen molar-refractivity contribution in [1.82, 2.24) is 5.32 Å². The van der Waals surface area contributed by atoms with Gasteiger partial charge in [-0.3, -0.25) is 9.59 Å². The lowest BCUT2D eigenvalue weighted by atomic mass is 10.1. The molecule has 3 aromatic rings. The van der Waals surface area contributed by atoms with Crippen molar-refractivity contribution >= 4 is 44.9 Å². The van der Waals surface area contributed by atoms with Gasteiger partial charge >= 0.3 is 5.97 Å². The van der Waals surface area contributed by atoms with E-state index in [1.54, 1.807) is 36.4 Å². The van der Waals surface area contributed by atoms with E-state index in [1.165, 1.54) is 12.1 Å². The minimum atomic E-state index is -0.714. The van der Waals surface area contributed by atoms with Gasteiger partial charge in [-0.1, -0.05) is 32.0 Å². The molecule has 0 atom stereocenters. The third-order valence-electron chi connectivity index (χ3n) is 4.16. The fraction of sp³-hybridized carbons (Fsp3) is 0.227. The Morgan fingerprint density at radius 2 is 1.87 bits per heavy atom. The van der Waals surface area contributed by atoms with Gasteiger partial charge in [0.25, 0.3) is 11.8 Å². The van der Waals surface area contributed by atoms with E-state index < -0.39 is 24.3 Å². The molecule has 2 amide bonds. The highest BCUT2D eigenvalue weighted by Crippen LogP contribution is 2.28. The molecule has 8 heteroatoms. The number of halogens is 1. The highest BCUT2D eigenvalue weighted by molar-refractivity contribution is 7.20. The zero-order valence-electron chi connectivity index (χ0n) is 16.5. The van der Waals surface area contributed by atoms with Gasteiger partial charge in [0.15, 0.2) is 6.61 Å². The van der Waals surface area contributed by atoms with Crippen molar-refractivity contribution in [3.05, 3.63) is 64.8 Å². The third-order valence-corrected chi connectivity index (χ3v) is 5.24. The SMILES string of the molecule is CC(C)CNC(=O)c1ccccc1NC(=O)COC(=O)c1cc2c(F)cccc2s1. The lowest BCUT2D eigenvalue weighted by molar-refractivity contribution is -0.119. The van der Waals surface area contributed by atoms with Gasteiger partial charge in [0, 0.05) is 16.6 Å². The summed E-state index contributed by atoms with van der Waals surface area (Å²) in [7, 11) is 0. The predicted molar refractivity (Wildman–Crippen MR) is 114 cm³/mol. The molecule has 0 spiro atoms. The van der Waals surface area contributed by atoms with Crippen LogP contribution in [0.2, 0.25) is 0 Å². The average Bonchev–Trinajstić information content (AvgIpc) is 3.16. The van der Waals surface area contributed by atoms with Crippen LogP contribution in [0.3, 0.4) is 0 Å². The van der Waals surface area contributed by atoms with Crippen LogP contribution in [0.4, 0.5) is 10.1 Å². The molecule has 0 aliphatic heterocycles. The van der Waals surface area contributed by atoms with Crippen molar-refractivity contribution in [3.8, 4) is 0 Å². The van der Waals surface area contributed by atoms with E-state index in [1.807, 2.05) is 13.8 Å². The first-order valence-electron chi connectivity index (χ1n) is 9.37. The number of amides is 2. The van der Waals surface area contributed by atoms with Crippen molar-refractivity contribution < 1.29 is 23.5 Å². The van der Waals surface area contributed by atoms with Crippen molar-refractivity contribution in [2.24, 2.45) is 5.92 Å². The topological polar surface area (TPSA) is 84.5 Å². The fourth-order valence-corrected chi connectivity index (χ4v) is 3.67. The number of hydrogen-bond donors (Lipinski definition) is 2. The molecule has 156 valence electrons. The Balaban J connectivity index is 1.61. The van der Waals surface area contributed by atoms with E-state index in [0.717, 1.165) is 11.3 Å². The Morgan fingerprint density at radius 3 is 2.60 bits per heavy atom. The molecule has 1 heterocycles. The average molecular weight is 428 g/mol. The largest absolute Gasteiger partial charge is 0.451 e. The number of rotatable bonds is 7. The van der Waals surface area contributed by atoms with Gasteiger partial charge in [0.1, 0.15) is 10.7 Å². The van der Waals surface area contributed by atoms with E-state index in [2.05, 4.69) is 10.6 Å². The number of thiophene rings is 1. The minimum Gasteiger partial charge on any atom is -0.451 e. The van der Waals surface area contributed by atoms with Crippen LogP contribution in [0, 0.1) is 11.7 Å². The van der Waals surface area contributed by atoms with E-state index in [4.69, 9.17) is 4.74 Å². The summed E-state index contributed by atoms with van der Waals surface area (Å²) in [6.45, 7) is 3.94. The zero-order valence-corrected chi connectivity index (χ0v) is 17.3. The Hall–Kier alpha value is -3.26. The van der Waals surface area contributed by atoms with Gasteiger partial charge in [-0.15, -0.1) is 11.3 Å². The summed E-state index contributed by atoms with van der Waals surface area (Å²) in [5, 5.41) is 5.72. The molecule has 0 saturated heterocycles. The number of para-hydroxylation sites is 1. The maximum atomic E-state index is 13.8. The number of carbonyl (C=O) groups is 3. The van der Waals surface area contributed by atoms with Gasteiger partial charge in [-0.2, -0.15) is 0 Å². The van der Waals surface area contributed by atoms with Crippen LogP contribution in [-0.4, -0.2) is 30.9 Å². The molecule has 3 rings (SSSR count). The first-order valence-corrected chi connectivity index (χ1v) is 10.2. The molecule has 30 heavy (non-hydrogen) atoms. The summed E-state index contributed by atoms with van der Waals surface area (Å²) in [4.78, 5) is 37.0. The second-order valence-electron chi connectivity index (χ2n) is 7.04. The van der Waals surface area contributed by atoms with Crippen LogP contribution >= 0.6 is 11.3 Å². The summed E-state index contributed by atoms with van der Waals surface area (Å²) in [6, 6.07) is 12.6. The van der Waals surface area contributed by atoms with E-state index in [-0.39, 0.29) is 16.7 Å². The van der Waals surface area contributed by atoms with Crippen LogP contribution in [0.25, 0.3) is 10.1 Å². The van der Waals surface area contributed by atoms with E-state index >= 15 is 0 Å². The van der Waals surface area contributed by atoms with Gasteiger partial charge < -0.3 is 15.4 Å². The maximum absolute atomic E-state index is 13.8. The second-order valence-corrected chi connectivity index (χ2v) is 8.12. The summed E-state index contributed by atoms with van der Waals surface area (Å²) in [5.41, 5.74) is 0.640. The number of ether oxygens (including phenoxy) is 1. The number of fused-ring (bicyclic) bond motifs is 1. The summed E-state index contributed by atoms with van der Waals surface area (Å²) in [6.07, 6.45) is 0. The molecule has 0 fully saturated rings. The molecular weight excluding hydrogens is 407 g/mol. The second kappa shape index (κ2) is 9.49. The monoisotopic (exact) mass is 428 g/mol. The van der Waals surface area contributed by atoms with Crippen molar-refractivity contribution in [1.29, 1.82) is 0 Å². The summed E-state index contributed by atoms with van der Waals surface area (Å²) < 4.78 is 19.4. The highest BCUT2D eigenvalue weighted by atomic mass is 32.1. The van der Waals surface area contributed by atoms with Crippen molar-refractivity contribution in [2.45, 2.75) is 13.8 Å². The molecule has 0 radical (unpaired) electrons. The normalized spacial score (nSPS) is 10.8. The Labute approximate surface area is 177 Å². The maximum Gasteiger partial charge on any atom is 0.348 e. The standard InChI is InChI=1S/C22H21FN2O4S/c1-13(2)11-24-21(27)14-6-3-4-8-17(14)25-20(26)12-29-22(28)19-10-15-16(23)7-5-9-18(15)30-19/h3-10,13H,11-12H2,1-2H3,(H,24,27)(H,25,26). The Kier molecular flexibility index (Phi) is 6.79. The molecule has 2 aromatic carbocycles. The van der Waals surface area contributed by atoms with Crippen LogP contribution in [-0.2, 0) is 9.53 Å². The molecule has 0 aliphatic rings. The first-order chi connectivity index (χ1) is 14.3. The molecule has 0 bridgehead atoms. The van der Waals surface area contributed by atoms with Gasteiger partial charge in [-0.25, -0.2) is 9.18 Å². The van der Waals surface area contributed by atoms with Crippen LogP contribution in [0.5, 0.6) is 0 Å². The van der Waals surface area contributed by atoms with E-state index in [9.17, 15) is 18.8 Å². The molecule has 0 saturated carbocycles. The number of benzene rings is 2. The Morgan fingerprint density at radius 1 is 1.10 bits per heavy atom. The van der Waals surface area contributed by atoms with Gasteiger partial charge in [0.05, 0.1) is 11.3 Å². The molecule has 0 aliphatic carbocycles. The lowest BCUT2D eigenvalue weighted by Crippen LogP contribution is -2.29. The zero-order chi connectivity index (χ0) is 21.7. The van der Waals surface area contributed by atoms with Gasteiger partial charge in [0.2, 0.25) is 0 Å². The Bertz CT molecular complexity index is 1090. The summed E-state index contributed by atoms with van der Waals surface area (Å²) >= 11 is 1.09. The predicted octanol–water partition coefficient (Wildman–Crippen LogP) is 4.22. The van der Waals surface area contributed by atoms with E-state index in [0.29, 0.717) is 27.9 Å². The molecule has 0 unspecified atom stereocenters.